The maximum atomic E-state index is 6.11. The van der Waals surface area contributed by atoms with Gasteiger partial charge in [-0.25, -0.2) is 0 Å². The van der Waals surface area contributed by atoms with Crippen molar-refractivity contribution in [2.24, 2.45) is 5.73 Å². The van der Waals surface area contributed by atoms with Crippen LogP contribution in [0, 0.1) is 6.92 Å². The van der Waals surface area contributed by atoms with Crippen LogP contribution in [-0.2, 0) is 6.42 Å². The fraction of sp³-hybridized carbons (Fsp3) is 0.250. The smallest absolute Gasteiger partial charge is 0.0417 e. The maximum Gasteiger partial charge on any atom is 0.0417 e. The first-order valence-electron chi connectivity index (χ1n) is 6.34. The third-order valence-corrected chi connectivity index (χ3v) is 4.40. The summed E-state index contributed by atoms with van der Waals surface area (Å²) in [6.45, 7) is 4.15. The molecule has 1 unspecified atom stereocenters. The minimum absolute atomic E-state index is 0.150. The molecular weight excluding hydrogens is 274 g/mol. The van der Waals surface area contributed by atoms with Crippen LogP contribution in [0.4, 0.5) is 0 Å². The molecule has 0 aliphatic carbocycles. The second-order valence-electron chi connectivity index (χ2n) is 4.80. The highest BCUT2D eigenvalue weighted by Gasteiger charge is 2.08. The van der Waals surface area contributed by atoms with Crippen LogP contribution in [0.3, 0.4) is 0 Å². The van der Waals surface area contributed by atoms with Gasteiger partial charge in [-0.3, -0.25) is 0 Å². The van der Waals surface area contributed by atoms with E-state index in [9.17, 15) is 0 Å². The van der Waals surface area contributed by atoms with Crippen LogP contribution < -0.4 is 5.73 Å². The zero-order chi connectivity index (χ0) is 13.8. The molecule has 0 bridgehead atoms. The molecule has 0 radical (unpaired) electrons. The summed E-state index contributed by atoms with van der Waals surface area (Å²) in [5, 5.41) is 0.768. The number of hydrogen-bond acceptors (Lipinski definition) is 2. The van der Waals surface area contributed by atoms with Crippen molar-refractivity contribution in [2.75, 3.05) is 0 Å². The first kappa shape index (κ1) is 14.4. The molecule has 100 valence electrons. The summed E-state index contributed by atoms with van der Waals surface area (Å²) in [4.78, 5) is 2.45. The Hall–Kier alpha value is -0.960. The van der Waals surface area contributed by atoms with Crippen LogP contribution in [0.2, 0.25) is 5.02 Å². The third-order valence-electron chi connectivity index (χ3n) is 2.88. The van der Waals surface area contributed by atoms with Crippen molar-refractivity contribution in [3.63, 3.8) is 0 Å². The van der Waals surface area contributed by atoms with Crippen molar-refractivity contribution in [1.82, 2.24) is 0 Å². The van der Waals surface area contributed by atoms with Gasteiger partial charge in [-0.05, 0) is 49.6 Å². The van der Waals surface area contributed by atoms with Gasteiger partial charge in [0.05, 0.1) is 0 Å². The van der Waals surface area contributed by atoms with Gasteiger partial charge in [0.15, 0.2) is 0 Å². The lowest BCUT2D eigenvalue weighted by Gasteiger charge is -2.13. The fourth-order valence-electron chi connectivity index (χ4n) is 1.93. The third kappa shape index (κ3) is 4.00. The summed E-state index contributed by atoms with van der Waals surface area (Å²) in [5.74, 6) is 0. The van der Waals surface area contributed by atoms with E-state index in [1.54, 1.807) is 11.8 Å². The van der Waals surface area contributed by atoms with Crippen molar-refractivity contribution in [1.29, 1.82) is 0 Å². The standard InChI is InChI=1S/C16H18ClNS/c1-11-5-3-4-6-15(11)19-16-10-14(17)8-7-13(16)9-12(2)18/h3-8,10,12H,9,18H2,1-2H3. The average molecular weight is 292 g/mol. The van der Waals surface area contributed by atoms with Crippen LogP contribution >= 0.6 is 23.4 Å². The zero-order valence-corrected chi connectivity index (χ0v) is 12.8. The molecule has 1 nitrogen and oxygen atoms in total. The van der Waals surface area contributed by atoms with Crippen molar-refractivity contribution >= 4 is 23.4 Å². The van der Waals surface area contributed by atoms with E-state index in [0.717, 1.165) is 11.4 Å². The van der Waals surface area contributed by atoms with Gasteiger partial charge in [0, 0.05) is 20.9 Å². The topological polar surface area (TPSA) is 26.0 Å². The minimum atomic E-state index is 0.150. The molecule has 0 saturated heterocycles. The number of benzene rings is 2. The molecule has 1 atom stereocenters. The molecule has 0 aliphatic heterocycles. The molecule has 2 aromatic carbocycles. The molecule has 0 aromatic heterocycles. The summed E-state index contributed by atoms with van der Waals surface area (Å²) in [6, 6.07) is 14.6. The predicted octanol–water partition coefficient (Wildman–Crippen LogP) is 4.69. The van der Waals surface area contributed by atoms with E-state index in [-0.39, 0.29) is 6.04 Å². The summed E-state index contributed by atoms with van der Waals surface area (Å²) < 4.78 is 0. The fourth-order valence-corrected chi connectivity index (χ4v) is 3.25. The highest BCUT2D eigenvalue weighted by Crippen LogP contribution is 2.34. The quantitative estimate of drug-likeness (QED) is 0.884. The minimum Gasteiger partial charge on any atom is -0.328 e. The lowest BCUT2D eigenvalue weighted by Crippen LogP contribution is -2.18. The van der Waals surface area contributed by atoms with Gasteiger partial charge in [0.2, 0.25) is 0 Å². The van der Waals surface area contributed by atoms with Crippen LogP contribution in [0.15, 0.2) is 52.3 Å². The summed E-state index contributed by atoms with van der Waals surface area (Å²) in [7, 11) is 0. The van der Waals surface area contributed by atoms with Crippen LogP contribution in [0.1, 0.15) is 18.1 Å². The van der Waals surface area contributed by atoms with Crippen LogP contribution in [-0.4, -0.2) is 6.04 Å². The second kappa shape index (κ2) is 6.47. The summed E-state index contributed by atoms with van der Waals surface area (Å²) in [5.41, 5.74) is 8.45. The molecule has 0 heterocycles. The van der Waals surface area contributed by atoms with E-state index < -0.39 is 0 Å². The molecule has 2 N–H and O–H groups in total. The second-order valence-corrected chi connectivity index (χ2v) is 6.32. The van der Waals surface area contributed by atoms with Crippen molar-refractivity contribution in [3.05, 3.63) is 58.6 Å². The molecular formula is C16H18ClNS. The van der Waals surface area contributed by atoms with E-state index in [4.69, 9.17) is 17.3 Å². The molecule has 19 heavy (non-hydrogen) atoms. The maximum absolute atomic E-state index is 6.11. The molecule has 2 aromatic rings. The largest absolute Gasteiger partial charge is 0.328 e. The summed E-state index contributed by atoms with van der Waals surface area (Å²) in [6.07, 6.45) is 0.866. The average Bonchev–Trinajstić information content (AvgIpc) is 2.35. The molecule has 0 fully saturated rings. The van der Waals surface area contributed by atoms with Gasteiger partial charge in [-0.2, -0.15) is 0 Å². The molecule has 2 rings (SSSR count). The Morgan fingerprint density at radius 1 is 1.16 bits per heavy atom. The highest BCUT2D eigenvalue weighted by atomic mass is 35.5. The van der Waals surface area contributed by atoms with Gasteiger partial charge in [-0.15, -0.1) is 0 Å². The number of halogens is 1. The Balaban J connectivity index is 2.33. The van der Waals surface area contributed by atoms with E-state index in [2.05, 4.69) is 37.3 Å². The molecule has 0 saturated carbocycles. The van der Waals surface area contributed by atoms with Gasteiger partial charge in [-0.1, -0.05) is 47.6 Å². The van der Waals surface area contributed by atoms with Crippen molar-refractivity contribution < 1.29 is 0 Å². The number of hydrogen-bond donors (Lipinski definition) is 1. The zero-order valence-electron chi connectivity index (χ0n) is 11.2. The molecule has 0 aliphatic rings. The molecule has 0 amide bonds. The van der Waals surface area contributed by atoms with Gasteiger partial charge < -0.3 is 5.73 Å². The Kier molecular flexibility index (Phi) is 4.92. The monoisotopic (exact) mass is 291 g/mol. The highest BCUT2D eigenvalue weighted by molar-refractivity contribution is 7.99. The Morgan fingerprint density at radius 2 is 1.89 bits per heavy atom. The van der Waals surface area contributed by atoms with Crippen LogP contribution in [0.25, 0.3) is 0 Å². The SMILES string of the molecule is Cc1ccccc1Sc1cc(Cl)ccc1CC(C)N. The van der Waals surface area contributed by atoms with E-state index in [1.807, 2.05) is 19.1 Å². The summed E-state index contributed by atoms with van der Waals surface area (Å²) >= 11 is 7.87. The normalized spacial score (nSPS) is 12.4. The molecule has 0 spiro atoms. The Bertz CT molecular complexity index is 566. The lowest BCUT2D eigenvalue weighted by atomic mass is 10.1. The predicted molar refractivity (Wildman–Crippen MR) is 84.1 cm³/mol. The van der Waals surface area contributed by atoms with E-state index >= 15 is 0 Å². The van der Waals surface area contributed by atoms with Gasteiger partial charge in [0.25, 0.3) is 0 Å². The van der Waals surface area contributed by atoms with Crippen molar-refractivity contribution in [3.8, 4) is 0 Å². The molecule has 3 heteroatoms. The Labute approximate surface area is 124 Å². The van der Waals surface area contributed by atoms with E-state index in [0.29, 0.717) is 0 Å². The number of rotatable bonds is 4. The number of aryl methyl sites for hydroxylation is 1. The van der Waals surface area contributed by atoms with Crippen LogP contribution in [0.5, 0.6) is 0 Å². The van der Waals surface area contributed by atoms with Gasteiger partial charge in [0.1, 0.15) is 0 Å². The Morgan fingerprint density at radius 3 is 2.58 bits per heavy atom. The van der Waals surface area contributed by atoms with Gasteiger partial charge >= 0.3 is 0 Å². The lowest BCUT2D eigenvalue weighted by molar-refractivity contribution is 0.729. The first-order valence-corrected chi connectivity index (χ1v) is 7.53. The first-order chi connectivity index (χ1) is 9.06. The van der Waals surface area contributed by atoms with E-state index in [1.165, 1.54) is 20.9 Å². The number of nitrogens with two attached hydrogens (primary N) is 1. The van der Waals surface area contributed by atoms with Crippen molar-refractivity contribution in [2.45, 2.75) is 36.1 Å².